The second-order valence-electron chi connectivity index (χ2n) is 11.1. The largest absolute Gasteiger partial charge is 0.419 e. The predicted octanol–water partition coefficient (Wildman–Crippen LogP) is 5.50. The highest BCUT2D eigenvalue weighted by molar-refractivity contribution is 6.42. The Bertz CT molecular complexity index is 1230. The molecule has 3 heterocycles. The Hall–Kier alpha value is -2.59. The van der Waals surface area contributed by atoms with Crippen molar-refractivity contribution in [3.05, 3.63) is 51.8 Å². The zero-order valence-electron chi connectivity index (χ0n) is 21.5. The third kappa shape index (κ3) is 6.11. The molecule has 1 aliphatic carbocycles. The van der Waals surface area contributed by atoms with Gasteiger partial charge in [0.25, 0.3) is 0 Å². The van der Waals surface area contributed by atoms with Crippen molar-refractivity contribution in [2.45, 2.75) is 44.7 Å². The second-order valence-corrected chi connectivity index (χ2v) is 11.9. The monoisotopic (exact) mass is 583 g/mol. The van der Waals surface area contributed by atoms with Gasteiger partial charge in [-0.25, -0.2) is 9.97 Å². The number of piperidine rings is 1. The zero-order valence-corrected chi connectivity index (χ0v) is 23.0. The van der Waals surface area contributed by atoms with Crippen molar-refractivity contribution in [3.63, 3.8) is 0 Å². The molecule has 0 bridgehead atoms. The third-order valence-electron chi connectivity index (χ3n) is 8.27. The van der Waals surface area contributed by atoms with Crippen LogP contribution >= 0.6 is 23.2 Å². The third-order valence-corrected chi connectivity index (χ3v) is 9.01. The molecule has 5 rings (SSSR count). The van der Waals surface area contributed by atoms with Gasteiger partial charge in [-0.2, -0.15) is 13.2 Å². The summed E-state index contributed by atoms with van der Waals surface area (Å²) in [5.74, 6) is 0.0715. The number of hydrogen-bond donors (Lipinski definition) is 1. The molecular formula is C27H30Cl2F3N5O2. The average Bonchev–Trinajstić information content (AvgIpc) is 3.53. The van der Waals surface area contributed by atoms with Gasteiger partial charge in [0.15, 0.2) is 0 Å². The fourth-order valence-electron chi connectivity index (χ4n) is 5.54. The van der Waals surface area contributed by atoms with Crippen LogP contribution in [0, 0.1) is 17.3 Å². The first kappa shape index (κ1) is 28.0. The quantitative estimate of drug-likeness (QED) is 0.486. The summed E-state index contributed by atoms with van der Waals surface area (Å²) in [5, 5.41) is 3.88. The van der Waals surface area contributed by atoms with Gasteiger partial charge >= 0.3 is 6.18 Å². The van der Waals surface area contributed by atoms with E-state index in [0.717, 1.165) is 30.8 Å². The van der Waals surface area contributed by atoms with Gasteiger partial charge in [-0.3, -0.25) is 9.59 Å². The molecular weight excluding hydrogens is 554 g/mol. The van der Waals surface area contributed by atoms with Crippen LogP contribution in [0.3, 0.4) is 0 Å². The number of anilines is 1. The number of nitrogens with zero attached hydrogens (tertiary/aromatic N) is 4. The maximum absolute atomic E-state index is 13.6. The van der Waals surface area contributed by atoms with Crippen molar-refractivity contribution in [1.82, 2.24) is 19.8 Å². The van der Waals surface area contributed by atoms with E-state index in [4.69, 9.17) is 23.2 Å². The summed E-state index contributed by atoms with van der Waals surface area (Å²) < 4.78 is 38.6. The zero-order chi connectivity index (χ0) is 27.9. The molecule has 12 heteroatoms. The minimum Gasteiger partial charge on any atom is -0.354 e. The van der Waals surface area contributed by atoms with Crippen LogP contribution in [-0.2, 0) is 15.8 Å². The Morgan fingerprint density at radius 2 is 1.72 bits per heavy atom. The predicted molar refractivity (Wildman–Crippen MR) is 141 cm³/mol. The lowest BCUT2D eigenvalue weighted by Crippen LogP contribution is -2.45. The van der Waals surface area contributed by atoms with E-state index in [1.807, 2.05) is 22.8 Å². The maximum Gasteiger partial charge on any atom is 0.419 e. The summed E-state index contributed by atoms with van der Waals surface area (Å²) in [4.78, 5) is 37.6. The molecule has 1 aromatic heterocycles. The Kier molecular flexibility index (Phi) is 7.72. The van der Waals surface area contributed by atoms with Crippen LogP contribution in [0.2, 0.25) is 10.0 Å². The number of rotatable bonds is 6. The number of nitrogens with one attached hydrogen (secondary N) is 1. The van der Waals surface area contributed by atoms with Gasteiger partial charge < -0.3 is 15.1 Å². The van der Waals surface area contributed by atoms with Crippen molar-refractivity contribution in [3.8, 4) is 0 Å². The van der Waals surface area contributed by atoms with Crippen LogP contribution < -0.4 is 5.32 Å². The number of alkyl halides is 3. The number of benzene rings is 1. The molecule has 39 heavy (non-hydrogen) atoms. The molecule has 1 N–H and O–H groups in total. The van der Waals surface area contributed by atoms with Gasteiger partial charge in [0.1, 0.15) is 0 Å². The SMILES string of the molecule is CC1(C(=O)N2CCC(C(=O)N3CC(CNc4ncc(C(F)(F)F)cn4)C(c4ccc(Cl)c(Cl)c4)C3)CC2)CC1. The lowest BCUT2D eigenvalue weighted by molar-refractivity contribution is -0.142. The van der Waals surface area contributed by atoms with E-state index in [2.05, 4.69) is 15.3 Å². The molecule has 1 aromatic carbocycles. The van der Waals surface area contributed by atoms with Gasteiger partial charge in [0.2, 0.25) is 17.8 Å². The molecule has 2 aliphatic heterocycles. The minimum atomic E-state index is -4.51. The molecule has 2 amide bonds. The van der Waals surface area contributed by atoms with Crippen LogP contribution in [0.5, 0.6) is 0 Å². The Morgan fingerprint density at radius 1 is 1.05 bits per heavy atom. The van der Waals surface area contributed by atoms with Gasteiger partial charge in [0.05, 0.1) is 15.6 Å². The first-order valence-electron chi connectivity index (χ1n) is 13.1. The number of hydrogen-bond acceptors (Lipinski definition) is 5. The van der Waals surface area contributed by atoms with E-state index in [1.54, 1.807) is 12.1 Å². The lowest BCUT2D eigenvalue weighted by atomic mass is 9.89. The van der Waals surface area contributed by atoms with E-state index in [1.165, 1.54) is 0 Å². The Morgan fingerprint density at radius 3 is 2.31 bits per heavy atom. The molecule has 2 unspecified atom stereocenters. The topological polar surface area (TPSA) is 78.4 Å². The van der Waals surface area contributed by atoms with Crippen molar-refractivity contribution in [2.24, 2.45) is 17.3 Å². The highest BCUT2D eigenvalue weighted by Crippen LogP contribution is 2.47. The molecule has 0 radical (unpaired) electrons. The van der Waals surface area contributed by atoms with Crippen molar-refractivity contribution < 1.29 is 22.8 Å². The van der Waals surface area contributed by atoms with Crippen LogP contribution in [0.25, 0.3) is 0 Å². The minimum absolute atomic E-state index is 0.0615. The van der Waals surface area contributed by atoms with E-state index < -0.39 is 11.7 Å². The number of halogens is 5. The molecule has 210 valence electrons. The van der Waals surface area contributed by atoms with Crippen LogP contribution in [0.1, 0.15) is 49.7 Å². The van der Waals surface area contributed by atoms with Crippen LogP contribution in [0.4, 0.5) is 19.1 Å². The fraction of sp³-hybridized carbons (Fsp3) is 0.556. The number of aromatic nitrogens is 2. The standard InChI is InChI=1S/C27H30Cl2F3N5O2/c1-26(6-7-26)24(39)36-8-4-16(5-9-36)23(38)37-14-18(20(15-37)17-2-3-21(28)22(29)10-17)11-33-25-34-12-19(13-35-25)27(30,31)32/h2-3,10,12-13,16,18,20H,4-9,11,14-15H2,1H3,(H,33,34,35). The van der Waals surface area contributed by atoms with Crippen molar-refractivity contribution in [2.75, 3.05) is 38.0 Å². The number of carbonyl (C=O) groups is 2. The smallest absolute Gasteiger partial charge is 0.354 e. The highest BCUT2D eigenvalue weighted by atomic mass is 35.5. The normalized spacial score (nSPS) is 23.1. The summed E-state index contributed by atoms with van der Waals surface area (Å²) in [6, 6.07) is 5.41. The fourth-order valence-corrected chi connectivity index (χ4v) is 5.84. The summed E-state index contributed by atoms with van der Waals surface area (Å²) in [5.41, 5.74) is -0.202. The molecule has 2 aromatic rings. The summed E-state index contributed by atoms with van der Waals surface area (Å²) in [6.07, 6.45) is 0.119. The summed E-state index contributed by atoms with van der Waals surface area (Å²) in [6.45, 7) is 4.48. The molecule has 2 atom stereocenters. The van der Waals surface area contributed by atoms with Crippen molar-refractivity contribution >= 4 is 41.0 Å². The second kappa shape index (κ2) is 10.8. The van der Waals surface area contributed by atoms with E-state index in [0.29, 0.717) is 55.6 Å². The van der Waals surface area contributed by atoms with Crippen molar-refractivity contribution in [1.29, 1.82) is 0 Å². The number of carbonyl (C=O) groups excluding carboxylic acids is 2. The Balaban J connectivity index is 1.26. The van der Waals surface area contributed by atoms with E-state index >= 15 is 0 Å². The average molecular weight is 584 g/mol. The molecule has 2 saturated heterocycles. The Labute approximate surface area is 235 Å². The molecule has 0 spiro atoms. The van der Waals surface area contributed by atoms with E-state index in [-0.39, 0.29) is 40.9 Å². The van der Waals surface area contributed by atoms with Crippen LogP contribution in [-0.4, -0.2) is 64.3 Å². The van der Waals surface area contributed by atoms with Gasteiger partial charge in [0, 0.05) is 68.3 Å². The molecule has 1 saturated carbocycles. The summed E-state index contributed by atoms with van der Waals surface area (Å²) >= 11 is 12.4. The van der Waals surface area contributed by atoms with Gasteiger partial charge in [-0.15, -0.1) is 0 Å². The van der Waals surface area contributed by atoms with Gasteiger partial charge in [-0.1, -0.05) is 36.2 Å². The molecule has 3 fully saturated rings. The van der Waals surface area contributed by atoms with Crippen LogP contribution in [0.15, 0.2) is 30.6 Å². The first-order valence-corrected chi connectivity index (χ1v) is 13.9. The molecule has 7 nitrogen and oxygen atoms in total. The first-order chi connectivity index (χ1) is 18.4. The van der Waals surface area contributed by atoms with Gasteiger partial charge in [-0.05, 0) is 43.4 Å². The number of likely N-dealkylation sites (tertiary alicyclic amines) is 2. The highest BCUT2D eigenvalue weighted by Gasteiger charge is 2.48. The molecule has 3 aliphatic rings. The lowest BCUT2D eigenvalue weighted by Gasteiger charge is -2.34. The maximum atomic E-state index is 13.6. The van der Waals surface area contributed by atoms with E-state index in [9.17, 15) is 22.8 Å². The summed E-state index contributed by atoms with van der Waals surface area (Å²) in [7, 11) is 0. The number of amides is 2.